The first-order valence-electron chi connectivity index (χ1n) is 8.94. The minimum absolute atomic E-state index is 0.0459. The molecule has 0 aliphatic carbocycles. The average Bonchev–Trinajstić information content (AvgIpc) is 3.08. The van der Waals surface area contributed by atoms with Crippen LogP contribution in [-0.2, 0) is 26.5 Å². The fourth-order valence-electron chi connectivity index (χ4n) is 3.06. The topological polar surface area (TPSA) is 122 Å². The molecule has 1 aliphatic heterocycles. The highest BCUT2D eigenvalue weighted by Gasteiger charge is 2.48. The normalized spacial score (nSPS) is 18.3. The minimum Gasteiger partial charge on any atom is -0.461 e. The van der Waals surface area contributed by atoms with E-state index in [1.807, 2.05) is 6.07 Å². The molecule has 2 aromatic carbocycles. The van der Waals surface area contributed by atoms with Crippen LogP contribution in [0.25, 0.3) is 0 Å². The predicted octanol–water partition coefficient (Wildman–Crippen LogP) is 2.13. The zero-order chi connectivity index (χ0) is 21.0. The number of benzene rings is 2. The van der Waals surface area contributed by atoms with Gasteiger partial charge in [-0.3, -0.25) is 14.9 Å². The molecule has 9 heteroatoms. The number of hydrogen-bond donors (Lipinski definition) is 1. The predicted molar refractivity (Wildman–Crippen MR) is 103 cm³/mol. The molecular formula is C20H19N3O6. The van der Waals surface area contributed by atoms with Crippen molar-refractivity contribution in [3.05, 3.63) is 75.8 Å². The summed E-state index contributed by atoms with van der Waals surface area (Å²) in [6.45, 7) is 1.75. The molecule has 9 nitrogen and oxygen atoms in total. The second kappa shape index (κ2) is 8.19. The van der Waals surface area contributed by atoms with E-state index in [-0.39, 0.29) is 36.4 Å². The van der Waals surface area contributed by atoms with Crippen molar-refractivity contribution in [1.82, 2.24) is 5.01 Å². The second-order valence-corrected chi connectivity index (χ2v) is 6.43. The van der Waals surface area contributed by atoms with E-state index < -0.39 is 22.5 Å². The lowest BCUT2D eigenvalue weighted by Gasteiger charge is -2.31. The number of hydrogen-bond acceptors (Lipinski definition) is 7. The van der Waals surface area contributed by atoms with Gasteiger partial charge in [0.05, 0.1) is 24.4 Å². The first kappa shape index (κ1) is 20.2. The first-order valence-corrected chi connectivity index (χ1v) is 8.94. The molecule has 1 atom stereocenters. The van der Waals surface area contributed by atoms with Gasteiger partial charge in [-0.15, -0.1) is 0 Å². The van der Waals surface area contributed by atoms with E-state index in [1.54, 1.807) is 31.2 Å². The zero-order valence-electron chi connectivity index (χ0n) is 15.6. The first-order chi connectivity index (χ1) is 13.8. The Morgan fingerprint density at radius 2 is 1.86 bits per heavy atom. The maximum absolute atomic E-state index is 12.9. The van der Waals surface area contributed by atoms with Crippen LogP contribution in [0.15, 0.2) is 59.7 Å². The van der Waals surface area contributed by atoms with Gasteiger partial charge >= 0.3 is 5.97 Å². The van der Waals surface area contributed by atoms with Crippen molar-refractivity contribution in [3.8, 4) is 0 Å². The van der Waals surface area contributed by atoms with E-state index in [4.69, 9.17) is 4.74 Å². The summed E-state index contributed by atoms with van der Waals surface area (Å²) < 4.78 is 4.94. The number of non-ortho nitro benzene ring substituents is 1. The summed E-state index contributed by atoms with van der Waals surface area (Å²) in [4.78, 5) is 35.4. The van der Waals surface area contributed by atoms with Gasteiger partial charge in [-0.05, 0) is 24.6 Å². The van der Waals surface area contributed by atoms with E-state index in [0.717, 1.165) is 5.01 Å². The third-order valence-corrected chi connectivity index (χ3v) is 4.47. The van der Waals surface area contributed by atoms with Crippen LogP contribution < -0.4 is 0 Å². The number of aliphatic hydroxyl groups is 1. The van der Waals surface area contributed by atoms with E-state index >= 15 is 0 Å². The van der Waals surface area contributed by atoms with E-state index in [9.17, 15) is 24.8 Å². The highest BCUT2D eigenvalue weighted by molar-refractivity contribution is 6.37. The van der Waals surface area contributed by atoms with Crippen LogP contribution in [0.2, 0.25) is 0 Å². The fraction of sp³-hybridized carbons (Fsp3) is 0.250. The highest BCUT2D eigenvalue weighted by atomic mass is 16.6. The Morgan fingerprint density at radius 3 is 2.45 bits per heavy atom. The third-order valence-electron chi connectivity index (χ3n) is 4.47. The molecule has 0 saturated carbocycles. The quantitative estimate of drug-likeness (QED) is 0.453. The SMILES string of the molecule is CCOC(=O)C1=NN(C(=O)Cc2ccccc2)C(O)(c2ccc([N+](=O)[O-])cc2)C1. The number of nitrogens with zero attached hydrogens (tertiary/aromatic N) is 3. The molecule has 150 valence electrons. The number of amides is 1. The lowest BCUT2D eigenvalue weighted by Crippen LogP contribution is -2.44. The fourth-order valence-corrected chi connectivity index (χ4v) is 3.06. The monoisotopic (exact) mass is 397 g/mol. The van der Waals surface area contributed by atoms with Crippen LogP contribution in [-0.4, -0.2) is 39.2 Å². The Balaban J connectivity index is 1.95. The van der Waals surface area contributed by atoms with Gasteiger partial charge in [0.25, 0.3) is 5.69 Å². The largest absolute Gasteiger partial charge is 0.461 e. The molecule has 0 fully saturated rings. The number of carbonyl (C=O) groups is 2. The Morgan fingerprint density at radius 1 is 1.21 bits per heavy atom. The molecule has 0 spiro atoms. The van der Waals surface area contributed by atoms with Crippen molar-refractivity contribution in [2.24, 2.45) is 5.10 Å². The number of carbonyl (C=O) groups excluding carboxylic acids is 2. The summed E-state index contributed by atoms with van der Waals surface area (Å²) in [6.07, 6.45) is -0.333. The van der Waals surface area contributed by atoms with Crippen LogP contribution >= 0.6 is 0 Å². The van der Waals surface area contributed by atoms with Gasteiger partial charge in [0, 0.05) is 17.7 Å². The lowest BCUT2D eigenvalue weighted by molar-refractivity contribution is -0.384. The van der Waals surface area contributed by atoms with Gasteiger partial charge in [-0.25, -0.2) is 4.79 Å². The van der Waals surface area contributed by atoms with Crippen molar-refractivity contribution >= 4 is 23.3 Å². The molecule has 0 aromatic heterocycles. The summed E-state index contributed by atoms with van der Waals surface area (Å²) in [6, 6.07) is 14.0. The number of hydrazone groups is 1. The standard InChI is InChI=1S/C20H19N3O6/c1-2-29-19(25)17-13-20(26,15-8-10-16(11-9-15)23(27)28)22(21-17)18(24)12-14-6-4-3-5-7-14/h3-11,26H,2,12-13H2,1H3. The van der Waals surface area contributed by atoms with Crippen molar-refractivity contribution in [2.45, 2.75) is 25.5 Å². The summed E-state index contributed by atoms with van der Waals surface area (Å²) >= 11 is 0. The molecule has 1 aliphatic rings. The molecule has 1 unspecified atom stereocenters. The average molecular weight is 397 g/mol. The van der Waals surface area contributed by atoms with Crippen molar-refractivity contribution in [2.75, 3.05) is 6.61 Å². The van der Waals surface area contributed by atoms with Gasteiger partial charge in [0.15, 0.2) is 11.4 Å². The molecule has 1 amide bonds. The molecule has 1 heterocycles. The second-order valence-electron chi connectivity index (χ2n) is 6.43. The molecule has 0 radical (unpaired) electrons. The number of nitro benzene ring substituents is 1. The number of rotatable bonds is 6. The Labute approximate surface area is 166 Å². The Bertz CT molecular complexity index is 958. The van der Waals surface area contributed by atoms with E-state index in [0.29, 0.717) is 5.56 Å². The summed E-state index contributed by atoms with van der Waals surface area (Å²) in [5, 5.41) is 27.1. The smallest absolute Gasteiger partial charge is 0.354 e. The maximum atomic E-state index is 12.9. The van der Waals surface area contributed by atoms with Crippen LogP contribution in [0, 0.1) is 10.1 Å². The molecule has 1 N–H and O–H groups in total. The zero-order valence-corrected chi connectivity index (χ0v) is 15.6. The van der Waals surface area contributed by atoms with Crippen LogP contribution in [0.3, 0.4) is 0 Å². The molecule has 0 saturated heterocycles. The third kappa shape index (κ3) is 4.14. The summed E-state index contributed by atoms with van der Waals surface area (Å²) in [5.41, 5.74) is -1.31. The van der Waals surface area contributed by atoms with Crippen LogP contribution in [0.1, 0.15) is 24.5 Å². The van der Waals surface area contributed by atoms with Gasteiger partial charge < -0.3 is 9.84 Å². The van der Waals surface area contributed by atoms with E-state index in [2.05, 4.69) is 5.10 Å². The van der Waals surface area contributed by atoms with Crippen LogP contribution in [0.5, 0.6) is 0 Å². The van der Waals surface area contributed by atoms with Crippen molar-refractivity contribution in [1.29, 1.82) is 0 Å². The molecule has 2 aromatic rings. The Hall–Kier alpha value is -3.59. The minimum atomic E-state index is -1.96. The Kier molecular flexibility index (Phi) is 5.69. The van der Waals surface area contributed by atoms with Crippen molar-refractivity contribution in [3.63, 3.8) is 0 Å². The molecular weight excluding hydrogens is 378 g/mol. The van der Waals surface area contributed by atoms with Gasteiger partial charge in [-0.2, -0.15) is 10.1 Å². The molecule has 0 bridgehead atoms. The molecule has 3 rings (SSSR count). The molecule has 29 heavy (non-hydrogen) atoms. The van der Waals surface area contributed by atoms with Crippen LogP contribution in [0.4, 0.5) is 5.69 Å². The maximum Gasteiger partial charge on any atom is 0.354 e. The van der Waals surface area contributed by atoms with Gasteiger partial charge in [0.2, 0.25) is 5.91 Å². The van der Waals surface area contributed by atoms with Crippen molar-refractivity contribution < 1.29 is 24.4 Å². The number of ether oxygens (including phenoxy) is 1. The number of esters is 1. The summed E-state index contributed by atoms with van der Waals surface area (Å²) in [5.74, 6) is -1.26. The van der Waals surface area contributed by atoms with Gasteiger partial charge in [0.1, 0.15) is 0 Å². The van der Waals surface area contributed by atoms with Gasteiger partial charge in [-0.1, -0.05) is 30.3 Å². The van der Waals surface area contributed by atoms with E-state index in [1.165, 1.54) is 24.3 Å². The number of nitro groups is 1. The summed E-state index contributed by atoms with van der Waals surface area (Å²) in [7, 11) is 0. The highest BCUT2D eigenvalue weighted by Crippen LogP contribution is 2.36. The lowest BCUT2D eigenvalue weighted by atomic mass is 9.96.